The molecule has 3 N–H and O–H groups in total. The molecule has 0 spiro atoms. The first kappa shape index (κ1) is 20.2. The van der Waals surface area contributed by atoms with Gasteiger partial charge in [-0.15, -0.1) is 12.4 Å². The number of ether oxygens (including phenoxy) is 1. The Morgan fingerprint density at radius 2 is 2.26 bits per heavy atom. The van der Waals surface area contributed by atoms with Crippen molar-refractivity contribution in [1.82, 2.24) is 5.32 Å². The summed E-state index contributed by atoms with van der Waals surface area (Å²) in [5.74, 6) is -0.575. The Hall–Kier alpha value is -0.880. The summed E-state index contributed by atoms with van der Waals surface area (Å²) in [7, 11) is 0. The Morgan fingerprint density at radius 1 is 1.57 bits per heavy atom. The van der Waals surface area contributed by atoms with Crippen LogP contribution in [0.4, 0.5) is 4.39 Å². The normalized spacial score (nSPS) is 23.0. The zero-order chi connectivity index (χ0) is 16.3. The topological polar surface area (TPSA) is 64.4 Å². The van der Waals surface area contributed by atoms with Gasteiger partial charge in [-0.2, -0.15) is 0 Å². The van der Waals surface area contributed by atoms with Crippen LogP contribution in [0.1, 0.15) is 38.4 Å². The third-order valence-corrected chi connectivity index (χ3v) is 4.56. The van der Waals surface area contributed by atoms with Gasteiger partial charge >= 0.3 is 0 Å². The van der Waals surface area contributed by atoms with Crippen molar-refractivity contribution in [3.8, 4) is 0 Å². The van der Waals surface area contributed by atoms with Crippen molar-refractivity contribution in [3.63, 3.8) is 0 Å². The average Bonchev–Trinajstić information content (AvgIpc) is 2.96. The predicted molar refractivity (Wildman–Crippen MR) is 91.3 cm³/mol. The number of benzene rings is 1. The highest BCUT2D eigenvalue weighted by Crippen LogP contribution is 2.31. The van der Waals surface area contributed by atoms with Crippen molar-refractivity contribution in [1.29, 1.82) is 0 Å². The minimum atomic E-state index is -0.548. The van der Waals surface area contributed by atoms with Crippen molar-refractivity contribution < 1.29 is 13.9 Å². The van der Waals surface area contributed by atoms with Crippen LogP contribution in [0.5, 0.6) is 0 Å². The van der Waals surface area contributed by atoms with Crippen LogP contribution in [0.25, 0.3) is 0 Å². The van der Waals surface area contributed by atoms with E-state index < -0.39 is 11.9 Å². The van der Waals surface area contributed by atoms with Crippen LogP contribution >= 0.6 is 24.0 Å². The van der Waals surface area contributed by atoms with Crippen LogP contribution in [0.15, 0.2) is 18.2 Å². The number of hydrogen-bond donors (Lipinski definition) is 2. The number of amides is 1. The quantitative estimate of drug-likeness (QED) is 0.842. The van der Waals surface area contributed by atoms with Gasteiger partial charge in [-0.25, -0.2) is 4.39 Å². The van der Waals surface area contributed by atoms with Crippen molar-refractivity contribution in [2.45, 2.75) is 44.9 Å². The largest absolute Gasteiger partial charge is 0.371 e. The molecule has 1 aromatic rings. The molecule has 0 aromatic heterocycles. The predicted octanol–water partition coefficient (Wildman–Crippen LogP) is 3.22. The molecule has 1 aromatic carbocycles. The summed E-state index contributed by atoms with van der Waals surface area (Å²) < 4.78 is 19.3. The van der Waals surface area contributed by atoms with E-state index in [9.17, 15) is 9.18 Å². The van der Waals surface area contributed by atoms with E-state index in [-0.39, 0.29) is 41.4 Å². The fourth-order valence-corrected chi connectivity index (χ4v) is 2.66. The summed E-state index contributed by atoms with van der Waals surface area (Å²) in [6.07, 6.45) is 1.13. The highest BCUT2D eigenvalue weighted by atomic mass is 35.5. The fraction of sp³-hybridized carbons (Fsp3) is 0.562. The summed E-state index contributed by atoms with van der Waals surface area (Å²) in [6.45, 7) is 4.45. The third-order valence-electron chi connectivity index (χ3n) is 4.25. The van der Waals surface area contributed by atoms with E-state index in [1.807, 2.05) is 13.8 Å². The maximum Gasteiger partial charge on any atom is 0.237 e. The lowest BCUT2D eigenvalue weighted by molar-refractivity contribution is -0.124. The lowest BCUT2D eigenvalue weighted by atomic mass is 9.97. The Balaban J connectivity index is 0.00000264. The second kappa shape index (κ2) is 8.83. The zero-order valence-electron chi connectivity index (χ0n) is 13.2. The van der Waals surface area contributed by atoms with Crippen molar-refractivity contribution >= 4 is 29.9 Å². The molecule has 2 rings (SSSR count). The summed E-state index contributed by atoms with van der Waals surface area (Å²) in [5.41, 5.74) is 6.62. The molecule has 1 amide bonds. The molecular weight excluding hydrogens is 342 g/mol. The Labute approximate surface area is 147 Å². The molecule has 4 nitrogen and oxygen atoms in total. The Morgan fingerprint density at radius 3 is 2.87 bits per heavy atom. The summed E-state index contributed by atoms with van der Waals surface area (Å²) in [5, 5.41) is 3.00. The highest BCUT2D eigenvalue weighted by molar-refractivity contribution is 6.30. The van der Waals surface area contributed by atoms with E-state index in [1.165, 1.54) is 12.1 Å². The number of carbonyl (C=O) groups excluding carboxylic acids is 1. The van der Waals surface area contributed by atoms with Gasteiger partial charge < -0.3 is 15.8 Å². The van der Waals surface area contributed by atoms with E-state index in [2.05, 4.69) is 5.32 Å². The van der Waals surface area contributed by atoms with E-state index >= 15 is 0 Å². The number of nitrogens with one attached hydrogen (secondary N) is 1. The summed E-state index contributed by atoms with van der Waals surface area (Å²) >= 11 is 5.70. The first-order valence-electron chi connectivity index (χ1n) is 7.56. The van der Waals surface area contributed by atoms with Gasteiger partial charge in [0.05, 0.1) is 17.1 Å². The van der Waals surface area contributed by atoms with Gasteiger partial charge in [0.1, 0.15) is 11.9 Å². The molecule has 1 saturated heterocycles. The number of carbonyl (C=O) groups is 1. The van der Waals surface area contributed by atoms with Gasteiger partial charge in [0, 0.05) is 6.61 Å². The number of nitrogens with two attached hydrogens (primary N) is 1. The molecular formula is C16H23Cl2FN2O2. The van der Waals surface area contributed by atoms with Crippen LogP contribution in [0.3, 0.4) is 0 Å². The first-order valence-corrected chi connectivity index (χ1v) is 7.94. The van der Waals surface area contributed by atoms with E-state index in [1.54, 1.807) is 6.07 Å². The Bertz CT molecular complexity index is 545. The minimum Gasteiger partial charge on any atom is -0.371 e. The Kier molecular flexibility index (Phi) is 7.74. The summed E-state index contributed by atoms with van der Waals surface area (Å²) in [4.78, 5) is 12.2. The van der Waals surface area contributed by atoms with Gasteiger partial charge in [0.15, 0.2) is 0 Å². The lowest BCUT2D eigenvalue weighted by Crippen LogP contribution is -2.49. The molecule has 0 bridgehead atoms. The summed E-state index contributed by atoms with van der Waals surface area (Å²) in [6, 6.07) is 3.82. The monoisotopic (exact) mass is 364 g/mol. The third kappa shape index (κ3) is 4.80. The van der Waals surface area contributed by atoms with Crippen molar-refractivity contribution in [2.24, 2.45) is 11.7 Å². The molecule has 1 heterocycles. The molecule has 4 unspecified atom stereocenters. The zero-order valence-corrected chi connectivity index (χ0v) is 14.8. The van der Waals surface area contributed by atoms with Crippen LogP contribution in [-0.4, -0.2) is 24.6 Å². The van der Waals surface area contributed by atoms with Crippen molar-refractivity contribution in [3.05, 3.63) is 34.6 Å². The van der Waals surface area contributed by atoms with Crippen LogP contribution in [-0.2, 0) is 9.53 Å². The molecule has 1 aliphatic heterocycles. The maximum absolute atomic E-state index is 13.6. The molecule has 1 fully saturated rings. The second-order valence-electron chi connectivity index (χ2n) is 5.78. The van der Waals surface area contributed by atoms with Crippen molar-refractivity contribution in [2.75, 3.05) is 6.61 Å². The van der Waals surface area contributed by atoms with Gasteiger partial charge in [-0.1, -0.05) is 37.9 Å². The van der Waals surface area contributed by atoms with Crippen LogP contribution < -0.4 is 11.1 Å². The standard InChI is InChI=1S/C16H22ClFN2O2.ClH/c1-3-9(2)14(19)16(21)20-13-6-7-22-15(13)10-4-5-11(17)12(18)8-10;/h4-5,8-9,13-15H,3,6-7,19H2,1-2H3,(H,20,21);1H. The molecule has 1 aliphatic rings. The SMILES string of the molecule is CCC(C)C(N)C(=O)NC1CCOC1c1ccc(Cl)c(F)c1.Cl. The van der Waals surface area contributed by atoms with Gasteiger partial charge in [-0.3, -0.25) is 4.79 Å². The second-order valence-corrected chi connectivity index (χ2v) is 6.19. The average molecular weight is 365 g/mol. The minimum absolute atomic E-state index is 0. The molecule has 0 radical (unpaired) electrons. The number of rotatable bonds is 5. The van der Waals surface area contributed by atoms with Crippen LogP contribution in [0.2, 0.25) is 5.02 Å². The number of halogens is 3. The first-order chi connectivity index (χ1) is 10.4. The highest BCUT2D eigenvalue weighted by Gasteiger charge is 2.33. The fourth-order valence-electron chi connectivity index (χ4n) is 2.55. The van der Waals surface area contributed by atoms with E-state index in [4.69, 9.17) is 22.1 Å². The smallest absolute Gasteiger partial charge is 0.237 e. The molecule has 130 valence electrons. The van der Waals surface area contributed by atoms with Gasteiger partial charge in [-0.05, 0) is 30.0 Å². The molecule has 0 saturated carbocycles. The molecule has 23 heavy (non-hydrogen) atoms. The van der Waals surface area contributed by atoms with E-state index in [0.29, 0.717) is 18.6 Å². The lowest BCUT2D eigenvalue weighted by Gasteiger charge is -2.24. The van der Waals surface area contributed by atoms with Gasteiger partial charge in [0.2, 0.25) is 5.91 Å². The van der Waals surface area contributed by atoms with Gasteiger partial charge in [0.25, 0.3) is 0 Å². The molecule has 0 aliphatic carbocycles. The maximum atomic E-state index is 13.6. The molecule has 4 atom stereocenters. The molecule has 7 heteroatoms. The van der Waals surface area contributed by atoms with E-state index in [0.717, 1.165) is 6.42 Å². The van der Waals surface area contributed by atoms with Crippen LogP contribution in [0, 0.1) is 11.7 Å². The number of hydrogen-bond acceptors (Lipinski definition) is 3.